The molecule has 0 amide bonds. The molecule has 0 radical (unpaired) electrons. The van der Waals surface area contributed by atoms with Crippen LogP contribution in [-0.2, 0) is 16.0 Å². The number of hydrogen-bond donors (Lipinski definition) is 1. The van der Waals surface area contributed by atoms with Gasteiger partial charge in [-0.25, -0.2) is 0 Å². The molecule has 0 aliphatic heterocycles. The molecule has 1 saturated carbocycles. The van der Waals surface area contributed by atoms with Crippen molar-refractivity contribution in [3.63, 3.8) is 0 Å². The number of methoxy groups -OCH3 is 1. The molecule has 0 heterocycles. The van der Waals surface area contributed by atoms with E-state index in [0.29, 0.717) is 13.4 Å². The third-order valence-corrected chi connectivity index (χ3v) is 3.12. The summed E-state index contributed by atoms with van der Waals surface area (Å²) in [6.45, 7) is 3.50. The molecule has 1 aromatic rings. The predicted molar refractivity (Wildman–Crippen MR) is 74.2 cm³/mol. The van der Waals surface area contributed by atoms with Gasteiger partial charge in [-0.05, 0) is 24.8 Å². The lowest BCUT2D eigenvalue weighted by atomic mass is 10.2. The highest BCUT2D eigenvalue weighted by molar-refractivity contribution is 5.33. The Labute approximate surface area is 115 Å². The molecule has 0 atom stereocenters. The summed E-state index contributed by atoms with van der Waals surface area (Å²) in [4.78, 5) is 0. The van der Waals surface area contributed by atoms with Crippen LogP contribution < -0.4 is 10.1 Å². The Morgan fingerprint density at radius 1 is 1.26 bits per heavy atom. The number of nitrogens with one attached hydrogen (secondary N) is 1. The second-order valence-electron chi connectivity index (χ2n) is 4.85. The average Bonchev–Trinajstić information content (AvgIpc) is 3.25. The van der Waals surface area contributed by atoms with Crippen LogP contribution >= 0.6 is 0 Å². The van der Waals surface area contributed by atoms with Crippen LogP contribution in [0.5, 0.6) is 5.75 Å². The summed E-state index contributed by atoms with van der Waals surface area (Å²) in [5, 5.41) is 3.32. The van der Waals surface area contributed by atoms with Crippen molar-refractivity contribution in [1.82, 2.24) is 5.32 Å². The van der Waals surface area contributed by atoms with Gasteiger partial charge in [0.15, 0.2) is 6.79 Å². The lowest BCUT2D eigenvalue weighted by Gasteiger charge is -2.12. The zero-order chi connectivity index (χ0) is 13.3. The minimum absolute atomic E-state index is 0.339. The van der Waals surface area contributed by atoms with Crippen molar-refractivity contribution in [2.75, 3.05) is 33.7 Å². The number of benzene rings is 1. The number of rotatable bonds is 10. The molecule has 1 N–H and O–H groups in total. The van der Waals surface area contributed by atoms with E-state index in [1.807, 2.05) is 18.2 Å². The molecular formula is C15H23NO3. The largest absolute Gasteiger partial charge is 0.467 e. The smallest absolute Gasteiger partial charge is 0.189 e. The second-order valence-corrected chi connectivity index (χ2v) is 4.85. The summed E-state index contributed by atoms with van der Waals surface area (Å²) < 4.78 is 16.2. The zero-order valence-electron chi connectivity index (χ0n) is 11.6. The Morgan fingerprint density at radius 2 is 2.11 bits per heavy atom. The molecule has 0 unspecified atom stereocenters. The molecule has 2 rings (SSSR count). The van der Waals surface area contributed by atoms with Crippen molar-refractivity contribution >= 4 is 0 Å². The van der Waals surface area contributed by atoms with Gasteiger partial charge < -0.3 is 19.5 Å². The van der Waals surface area contributed by atoms with Gasteiger partial charge in [-0.15, -0.1) is 0 Å². The first-order valence-electron chi connectivity index (χ1n) is 6.88. The maximum Gasteiger partial charge on any atom is 0.189 e. The highest BCUT2D eigenvalue weighted by Crippen LogP contribution is 2.28. The number of para-hydroxylation sites is 1. The Bertz CT molecular complexity index is 366. The van der Waals surface area contributed by atoms with Gasteiger partial charge in [0.1, 0.15) is 5.75 Å². The topological polar surface area (TPSA) is 39.7 Å². The van der Waals surface area contributed by atoms with Crippen molar-refractivity contribution < 1.29 is 14.2 Å². The van der Waals surface area contributed by atoms with Crippen molar-refractivity contribution in [2.24, 2.45) is 5.92 Å². The molecule has 1 aliphatic carbocycles. The monoisotopic (exact) mass is 265 g/mol. The molecule has 0 aromatic heterocycles. The van der Waals surface area contributed by atoms with Crippen molar-refractivity contribution in [2.45, 2.75) is 19.4 Å². The lowest BCUT2D eigenvalue weighted by Crippen LogP contribution is -2.19. The molecule has 0 saturated heterocycles. The van der Waals surface area contributed by atoms with Crippen LogP contribution in [0.2, 0.25) is 0 Å². The minimum atomic E-state index is 0.339. The van der Waals surface area contributed by atoms with Gasteiger partial charge in [0, 0.05) is 25.8 Å². The fraction of sp³-hybridized carbons (Fsp3) is 0.600. The molecule has 4 nitrogen and oxygen atoms in total. The van der Waals surface area contributed by atoms with Gasteiger partial charge in [-0.2, -0.15) is 0 Å². The van der Waals surface area contributed by atoms with E-state index in [4.69, 9.17) is 14.2 Å². The number of hydrogen-bond acceptors (Lipinski definition) is 4. The lowest BCUT2D eigenvalue weighted by molar-refractivity contribution is 0.00941. The van der Waals surface area contributed by atoms with Crippen LogP contribution in [0.25, 0.3) is 0 Å². The fourth-order valence-corrected chi connectivity index (χ4v) is 1.79. The van der Waals surface area contributed by atoms with Gasteiger partial charge in [0.2, 0.25) is 0 Å². The van der Waals surface area contributed by atoms with Crippen LogP contribution in [0.3, 0.4) is 0 Å². The number of ether oxygens (including phenoxy) is 3. The summed E-state index contributed by atoms with van der Waals surface area (Å²) in [7, 11) is 1.70. The van der Waals surface area contributed by atoms with E-state index in [9.17, 15) is 0 Å². The van der Waals surface area contributed by atoms with E-state index in [1.165, 1.54) is 12.8 Å². The standard InChI is InChI=1S/C15H23NO3/c1-17-9-8-16-10-14-4-2-3-5-15(14)19-12-18-11-13-6-7-13/h2-5,13,16H,6-12H2,1H3. The summed E-state index contributed by atoms with van der Waals surface area (Å²) >= 11 is 0. The third-order valence-electron chi connectivity index (χ3n) is 3.12. The molecule has 1 aliphatic rings. The SMILES string of the molecule is COCCNCc1ccccc1OCOCC1CC1. The molecular weight excluding hydrogens is 242 g/mol. The Hall–Kier alpha value is -1.10. The maximum atomic E-state index is 5.68. The first kappa shape index (κ1) is 14.3. The van der Waals surface area contributed by atoms with E-state index >= 15 is 0 Å². The third kappa shape index (κ3) is 5.59. The highest BCUT2D eigenvalue weighted by atomic mass is 16.7. The second kappa shape index (κ2) is 8.15. The first-order valence-corrected chi connectivity index (χ1v) is 6.88. The van der Waals surface area contributed by atoms with Crippen LogP contribution in [0.1, 0.15) is 18.4 Å². The van der Waals surface area contributed by atoms with Crippen LogP contribution in [0.4, 0.5) is 0 Å². The fourth-order valence-electron chi connectivity index (χ4n) is 1.79. The van der Waals surface area contributed by atoms with Crippen LogP contribution in [0.15, 0.2) is 24.3 Å². The van der Waals surface area contributed by atoms with Crippen LogP contribution in [-0.4, -0.2) is 33.7 Å². The summed E-state index contributed by atoms with van der Waals surface area (Å²) in [6, 6.07) is 8.05. The molecule has 19 heavy (non-hydrogen) atoms. The quantitative estimate of drug-likeness (QED) is 0.520. The van der Waals surface area contributed by atoms with Gasteiger partial charge in [0.25, 0.3) is 0 Å². The summed E-state index contributed by atoms with van der Waals surface area (Å²) in [6.07, 6.45) is 2.61. The average molecular weight is 265 g/mol. The van der Waals surface area contributed by atoms with Crippen LogP contribution in [0, 0.1) is 5.92 Å². The van der Waals surface area contributed by atoms with E-state index in [1.54, 1.807) is 7.11 Å². The molecule has 0 bridgehead atoms. The summed E-state index contributed by atoms with van der Waals surface area (Å²) in [5.41, 5.74) is 1.15. The zero-order valence-corrected chi connectivity index (χ0v) is 11.6. The van der Waals surface area contributed by atoms with Gasteiger partial charge >= 0.3 is 0 Å². The molecule has 0 spiro atoms. The Balaban J connectivity index is 1.70. The normalized spacial score (nSPS) is 14.6. The Morgan fingerprint density at radius 3 is 2.89 bits per heavy atom. The predicted octanol–water partition coefficient (Wildman–Crippen LogP) is 2.19. The highest BCUT2D eigenvalue weighted by Gasteiger charge is 2.21. The van der Waals surface area contributed by atoms with Crippen molar-refractivity contribution in [3.8, 4) is 5.75 Å². The molecule has 4 heteroatoms. The van der Waals surface area contributed by atoms with E-state index < -0.39 is 0 Å². The van der Waals surface area contributed by atoms with Crippen molar-refractivity contribution in [3.05, 3.63) is 29.8 Å². The minimum Gasteiger partial charge on any atom is -0.467 e. The van der Waals surface area contributed by atoms with E-state index in [2.05, 4.69) is 11.4 Å². The van der Waals surface area contributed by atoms with Gasteiger partial charge in [-0.3, -0.25) is 0 Å². The van der Waals surface area contributed by atoms with Crippen molar-refractivity contribution in [1.29, 1.82) is 0 Å². The molecule has 1 fully saturated rings. The van der Waals surface area contributed by atoms with Gasteiger partial charge in [-0.1, -0.05) is 18.2 Å². The summed E-state index contributed by atoms with van der Waals surface area (Å²) in [5.74, 6) is 1.66. The molecule has 1 aromatic carbocycles. The van der Waals surface area contributed by atoms with E-state index in [0.717, 1.165) is 36.9 Å². The Kier molecular flexibility index (Phi) is 6.14. The maximum absolute atomic E-state index is 5.68. The first-order chi connectivity index (χ1) is 9.40. The molecule has 106 valence electrons. The van der Waals surface area contributed by atoms with Gasteiger partial charge in [0.05, 0.1) is 13.2 Å². The van der Waals surface area contributed by atoms with E-state index in [-0.39, 0.29) is 0 Å².